The predicted molar refractivity (Wildman–Crippen MR) is 70.3 cm³/mol. The molecule has 0 amide bonds. The van der Waals surface area contributed by atoms with Gasteiger partial charge in [-0.15, -0.1) is 18.0 Å². The van der Waals surface area contributed by atoms with E-state index in [2.05, 4.69) is 37.7 Å². The zero-order valence-corrected chi connectivity index (χ0v) is 11.5. The molecule has 0 saturated carbocycles. The Morgan fingerprint density at radius 3 is 2.47 bits per heavy atom. The minimum absolute atomic E-state index is 0.190. The molecule has 86 valence electrons. The van der Waals surface area contributed by atoms with E-state index in [1.165, 1.54) is 0 Å². The summed E-state index contributed by atoms with van der Waals surface area (Å²) in [6.45, 7) is 12.4. The second kappa shape index (κ2) is 6.87. The molecular formula is C13H24OSi. The van der Waals surface area contributed by atoms with Crippen molar-refractivity contribution >= 4 is 8.07 Å². The Labute approximate surface area is 95.6 Å². The molecule has 0 fully saturated rings. The van der Waals surface area contributed by atoms with Crippen molar-refractivity contribution < 1.29 is 5.11 Å². The van der Waals surface area contributed by atoms with Crippen LogP contribution in [0, 0.1) is 17.4 Å². The van der Waals surface area contributed by atoms with Crippen LogP contribution in [0.4, 0.5) is 0 Å². The van der Waals surface area contributed by atoms with Crippen molar-refractivity contribution in [3.8, 4) is 11.5 Å². The van der Waals surface area contributed by atoms with E-state index < -0.39 is 8.07 Å². The molecule has 0 unspecified atom stereocenters. The van der Waals surface area contributed by atoms with Gasteiger partial charge in [0.15, 0.2) is 0 Å². The highest BCUT2D eigenvalue weighted by Gasteiger charge is 2.09. The molecule has 0 saturated heterocycles. The third-order valence-electron chi connectivity index (χ3n) is 2.24. The lowest BCUT2D eigenvalue weighted by atomic mass is 10.00. The molecule has 0 aromatic carbocycles. The van der Waals surface area contributed by atoms with Crippen molar-refractivity contribution in [3.05, 3.63) is 12.7 Å². The zero-order valence-electron chi connectivity index (χ0n) is 10.5. The van der Waals surface area contributed by atoms with E-state index in [-0.39, 0.29) is 12.0 Å². The van der Waals surface area contributed by atoms with Crippen LogP contribution in [0.15, 0.2) is 12.7 Å². The molecule has 0 spiro atoms. The largest absolute Gasteiger partial charge is 0.393 e. The van der Waals surface area contributed by atoms with Crippen molar-refractivity contribution in [2.45, 2.75) is 51.9 Å². The van der Waals surface area contributed by atoms with Gasteiger partial charge >= 0.3 is 0 Å². The van der Waals surface area contributed by atoms with Gasteiger partial charge in [-0.2, -0.15) is 0 Å². The van der Waals surface area contributed by atoms with E-state index in [0.717, 1.165) is 19.3 Å². The smallest absolute Gasteiger partial charge is 0.129 e. The van der Waals surface area contributed by atoms with E-state index >= 15 is 0 Å². The van der Waals surface area contributed by atoms with Crippen LogP contribution in [-0.4, -0.2) is 19.3 Å². The molecule has 15 heavy (non-hydrogen) atoms. The highest BCUT2D eigenvalue weighted by atomic mass is 28.3. The fourth-order valence-electron chi connectivity index (χ4n) is 1.15. The third-order valence-corrected chi connectivity index (χ3v) is 3.17. The van der Waals surface area contributed by atoms with Crippen LogP contribution in [0.25, 0.3) is 0 Å². The Bertz CT molecular complexity index is 241. The summed E-state index contributed by atoms with van der Waals surface area (Å²) < 4.78 is 0. The summed E-state index contributed by atoms with van der Waals surface area (Å²) >= 11 is 0. The van der Waals surface area contributed by atoms with Gasteiger partial charge in [-0.25, -0.2) is 0 Å². The van der Waals surface area contributed by atoms with Crippen LogP contribution in [0.2, 0.25) is 19.6 Å². The van der Waals surface area contributed by atoms with Crippen molar-refractivity contribution in [1.29, 1.82) is 0 Å². The molecule has 1 N–H and O–H groups in total. The van der Waals surface area contributed by atoms with Gasteiger partial charge in [-0.3, -0.25) is 0 Å². The maximum atomic E-state index is 9.67. The number of hydrogen-bond acceptors (Lipinski definition) is 1. The molecule has 0 rings (SSSR count). The SMILES string of the molecule is C=C[C@H](C)[C@H](O)CCCC#C[Si](C)(C)C. The van der Waals surface area contributed by atoms with E-state index in [1.807, 2.05) is 6.92 Å². The molecule has 2 atom stereocenters. The number of unbranched alkanes of at least 4 members (excludes halogenated alkanes) is 1. The van der Waals surface area contributed by atoms with Gasteiger partial charge in [0.2, 0.25) is 0 Å². The summed E-state index contributed by atoms with van der Waals surface area (Å²) in [7, 11) is -1.20. The minimum Gasteiger partial charge on any atom is -0.393 e. The molecule has 1 nitrogen and oxygen atoms in total. The Kier molecular flexibility index (Phi) is 6.63. The van der Waals surface area contributed by atoms with Crippen LogP contribution in [0.1, 0.15) is 26.2 Å². The first kappa shape index (κ1) is 14.5. The normalized spacial score (nSPS) is 15.0. The van der Waals surface area contributed by atoms with Crippen molar-refractivity contribution in [2.24, 2.45) is 5.92 Å². The van der Waals surface area contributed by atoms with Crippen LogP contribution < -0.4 is 0 Å². The minimum atomic E-state index is -1.20. The van der Waals surface area contributed by atoms with Crippen LogP contribution in [-0.2, 0) is 0 Å². The van der Waals surface area contributed by atoms with Gasteiger partial charge in [-0.05, 0) is 18.8 Å². The van der Waals surface area contributed by atoms with E-state index in [9.17, 15) is 5.11 Å². The number of hydrogen-bond donors (Lipinski definition) is 1. The number of aliphatic hydroxyl groups is 1. The van der Waals surface area contributed by atoms with Gasteiger partial charge < -0.3 is 5.11 Å². The first-order valence-corrected chi connectivity index (χ1v) is 9.17. The standard InChI is InChI=1S/C13H24OSi/c1-6-12(2)13(14)10-8-7-9-11-15(3,4)5/h6,12-14H,1,7-8,10H2,2-5H3/t12-,13+/m0/s1. The van der Waals surface area contributed by atoms with Crippen LogP contribution in [0.5, 0.6) is 0 Å². The molecule has 0 heterocycles. The number of rotatable bonds is 5. The Balaban J connectivity index is 3.70. The molecule has 0 bridgehead atoms. The summed E-state index contributed by atoms with van der Waals surface area (Å²) in [6.07, 6.45) is 4.27. The van der Waals surface area contributed by atoms with Gasteiger partial charge in [0.1, 0.15) is 8.07 Å². The lowest BCUT2D eigenvalue weighted by molar-refractivity contribution is 0.126. The molecular weight excluding hydrogens is 200 g/mol. The highest BCUT2D eigenvalue weighted by Crippen LogP contribution is 2.11. The Morgan fingerprint density at radius 1 is 1.40 bits per heavy atom. The maximum absolute atomic E-state index is 9.67. The summed E-state index contributed by atoms with van der Waals surface area (Å²) in [5, 5.41) is 9.67. The topological polar surface area (TPSA) is 20.2 Å². The summed E-state index contributed by atoms with van der Waals surface area (Å²) in [4.78, 5) is 0. The number of aliphatic hydroxyl groups excluding tert-OH is 1. The van der Waals surface area contributed by atoms with Crippen molar-refractivity contribution in [1.82, 2.24) is 0 Å². The maximum Gasteiger partial charge on any atom is 0.129 e. The molecule has 2 heteroatoms. The summed E-state index contributed by atoms with van der Waals surface area (Å²) in [5.74, 6) is 3.40. The molecule has 0 radical (unpaired) electrons. The average molecular weight is 224 g/mol. The molecule has 0 aromatic rings. The van der Waals surface area contributed by atoms with Crippen molar-refractivity contribution in [2.75, 3.05) is 0 Å². The predicted octanol–water partition coefficient (Wildman–Crippen LogP) is 3.22. The lowest BCUT2D eigenvalue weighted by Crippen LogP contribution is -2.16. The van der Waals surface area contributed by atoms with Crippen LogP contribution in [0.3, 0.4) is 0 Å². The van der Waals surface area contributed by atoms with E-state index in [0.29, 0.717) is 0 Å². The zero-order chi connectivity index (χ0) is 11.9. The van der Waals surface area contributed by atoms with Gasteiger partial charge in [-0.1, -0.05) is 32.6 Å². The van der Waals surface area contributed by atoms with E-state index in [4.69, 9.17) is 0 Å². The fraction of sp³-hybridized carbons (Fsp3) is 0.692. The van der Waals surface area contributed by atoms with Crippen molar-refractivity contribution in [3.63, 3.8) is 0 Å². The van der Waals surface area contributed by atoms with Gasteiger partial charge in [0.05, 0.1) is 6.10 Å². The third kappa shape index (κ3) is 8.47. The van der Waals surface area contributed by atoms with Crippen LogP contribution >= 0.6 is 0 Å². The monoisotopic (exact) mass is 224 g/mol. The fourth-order valence-corrected chi connectivity index (χ4v) is 1.80. The first-order chi connectivity index (χ1) is 6.87. The second-order valence-corrected chi connectivity index (χ2v) is 9.86. The van der Waals surface area contributed by atoms with Gasteiger partial charge in [0, 0.05) is 6.42 Å². The quantitative estimate of drug-likeness (QED) is 0.329. The Morgan fingerprint density at radius 2 is 2.00 bits per heavy atom. The average Bonchev–Trinajstić information content (AvgIpc) is 2.14. The molecule has 0 aromatic heterocycles. The Hall–Kier alpha value is -0.523. The molecule has 0 aliphatic carbocycles. The lowest BCUT2D eigenvalue weighted by Gasteiger charge is -2.13. The van der Waals surface area contributed by atoms with Gasteiger partial charge in [0.25, 0.3) is 0 Å². The summed E-state index contributed by atoms with van der Waals surface area (Å²) in [5.41, 5.74) is 3.33. The highest BCUT2D eigenvalue weighted by molar-refractivity contribution is 6.83. The van der Waals surface area contributed by atoms with E-state index in [1.54, 1.807) is 6.08 Å². The summed E-state index contributed by atoms with van der Waals surface area (Å²) in [6, 6.07) is 0. The first-order valence-electron chi connectivity index (χ1n) is 5.67. The molecule has 0 aliphatic heterocycles. The molecule has 0 aliphatic rings. The second-order valence-electron chi connectivity index (χ2n) is 5.11.